The van der Waals surface area contributed by atoms with Crippen molar-refractivity contribution in [2.24, 2.45) is 51.2 Å². The highest BCUT2D eigenvalue weighted by Crippen LogP contribution is 2.76. The molecule has 9 atom stereocenters. The summed E-state index contributed by atoms with van der Waals surface area (Å²) in [5, 5.41) is 13.6. The SMILES string of the molecule is C=C(C)[C@@H]1CC[C@]2(CNCCCN3CCS(=O)(=O)CC3)CC[C@]3(C)[C@H](CC[C@@H]4[C@@]5(C)CCN(CC(=O)O)C(C)(C)[C@@H]5CC[C@]43C)[C@@H]12. The summed E-state index contributed by atoms with van der Waals surface area (Å²) in [5.74, 6) is 3.18. The number of allylic oxidation sites excluding steroid dienone is 1. The number of hydrogen-bond acceptors (Lipinski definition) is 6. The second-order valence-corrected chi connectivity index (χ2v) is 20.6. The largest absolute Gasteiger partial charge is 0.480 e. The van der Waals surface area contributed by atoms with E-state index >= 15 is 0 Å². The van der Waals surface area contributed by atoms with Crippen LogP contribution >= 0.6 is 0 Å². The van der Waals surface area contributed by atoms with Gasteiger partial charge in [0.05, 0.1) is 18.1 Å². The molecule has 0 unspecified atom stereocenters. The Labute approximate surface area is 280 Å². The maximum atomic E-state index is 11.8. The summed E-state index contributed by atoms with van der Waals surface area (Å²) in [6.07, 6.45) is 12.5. The van der Waals surface area contributed by atoms with Crippen LogP contribution in [0.3, 0.4) is 0 Å². The summed E-state index contributed by atoms with van der Waals surface area (Å²) >= 11 is 0. The molecule has 2 heterocycles. The zero-order valence-corrected chi connectivity index (χ0v) is 30.8. The molecule has 0 aromatic heterocycles. The van der Waals surface area contributed by atoms with Gasteiger partial charge in [-0.3, -0.25) is 9.69 Å². The molecule has 6 aliphatic rings. The molecule has 7 nitrogen and oxygen atoms in total. The molecule has 4 saturated carbocycles. The fraction of sp³-hybridized carbons (Fsp3) is 0.921. The first kappa shape index (κ1) is 34.9. The van der Waals surface area contributed by atoms with Gasteiger partial charge in [-0.25, -0.2) is 8.42 Å². The van der Waals surface area contributed by atoms with Gasteiger partial charge in [0.25, 0.3) is 0 Å². The smallest absolute Gasteiger partial charge is 0.317 e. The third-order valence-electron chi connectivity index (χ3n) is 16.2. The Morgan fingerprint density at radius 1 is 0.891 bits per heavy atom. The van der Waals surface area contributed by atoms with Crippen molar-refractivity contribution >= 4 is 15.8 Å². The molecule has 8 heteroatoms. The molecule has 6 rings (SSSR count). The number of aliphatic carboxylic acids is 1. The van der Waals surface area contributed by atoms with E-state index in [9.17, 15) is 18.3 Å². The van der Waals surface area contributed by atoms with Crippen molar-refractivity contribution in [2.45, 2.75) is 111 Å². The predicted molar refractivity (Wildman–Crippen MR) is 186 cm³/mol. The van der Waals surface area contributed by atoms with E-state index in [4.69, 9.17) is 0 Å². The topological polar surface area (TPSA) is 90.0 Å². The molecule has 46 heavy (non-hydrogen) atoms. The lowest BCUT2D eigenvalue weighted by molar-refractivity contribution is -0.241. The van der Waals surface area contributed by atoms with Crippen LogP contribution < -0.4 is 5.32 Å². The number of nitrogens with one attached hydrogen (secondary N) is 1. The second-order valence-electron chi connectivity index (χ2n) is 18.3. The number of piperidine rings is 1. The van der Waals surface area contributed by atoms with Crippen LogP contribution in [0.25, 0.3) is 0 Å². The van der Waals surface area contributed by atoms with Crippen LogP contribution in [0, 0.1) is 51.2 Å². The Kier molecular flexibility index (Phi) is 9.19. The fourth-order valence-electron chi connectivity index (χ4n) is 13.5. The molecule has 2 aliphatic heterocycles. The third kappa shape index (κ3) is 5.55. The highest BCUT2D eigenvalue weighted by Gasteiger charge is 2.70. The number of carboxylic acids is 1. The van der Waals surface area contributed by atoms with Gasteiger partial charge in [-0.1, -0.05) is 32.9 Å². The Morgan fingerprint density at radius 2 is 1.61 bits per heavy atom. The van der Waals surface area contributed by atoms with Gasteiger partial charge in [-0.15, -0.1) is 0 Å². The molecule has 262 valence electrons. The van der Waals surface area contributed by atoms with E-state index in [1.165, 1.54) is 56.9 Å². The number of likely N-dealkylation sites (tertiary alicyclic amines) is 1. The van der Waals surface area contributed by atoms with E-state index in [1.54, 1.807) is 0 Å². The lowest BCUT2D eigenvalue weighted by Crippen LogP contribution is -2.70. The van der Waals surface area contributed by atoms with Crippen LogP contribution in [0.15, 0.2) is 12.2 Å². The van der Waals surface area contributed by atoms with E-state index in [0.717, 1.165) is 44.9 Å². The van der Waals surface area contributed by atoms with Gasteiger partial charge < -0.3 is 15.3 Å². The first-order valence-corrected chi connectivity index (χ1v) is 20.6. The van der Waals surface area contributed by atoms with Gasteiger partial charge in [0.1, 0.15) is 0 Å². The van der Waals surface area contributed by atoms with Gasteiger partial charge >= 0.3 is 5.97 Å². The van der Waals surface area contributed by atoms with E-state index in [2.05, 4.69) is 63.2 Å². The predicted octanol–water partition coefficient (Wildman–Crippen LogP) is 6.10. The minimum atomic E-state index is -2.82. The number of carboxylic acid groups (broad SMARTS) is 1. The van der Waals surface area contributed by atoms with Crippen LogP contribution in [0.2, 0.25) is 0 Å². The molecular weight excluding hydrogens is 595 g/mol. The number of carbonyl (C=O) groups is 1. The van der Waals surface area contributed by atoms with E-state index in [1.807, 2.05) is 0 Å². The third-order valence-corrected chi connectivity index (χ3v) is 17.8. The van der Waals surface area contributed by atoms with Crippen LogP contribution in [0.4, 0.5) is 0 Å². The van der Waals surface area contributed by atoms with Gasteiger partial charge in [0, 0.05) is 25.2 Å². The highest BCUT2D eigenvalue weighted by molar-refractivity contribution is 7.91. The number of rotatable bonds is 9. The Bertz CT molecular complexity index is 1290. The minimum Gasteiger partial charge on any atom is -0.480 e. The Morgan fingerprint density at radius 3 is 2.28 bits per heavy atom. The van der Waals surface area contributed by atoms with Gasteiger partial charge in [-0.05, 0) is 156 Å². The van der Waals surface area contributed by atoms with Crippen molar-refractivity contribution < 1.29 is 18.3 Å². The van der Waals surface area contributed by atoms with E-state index in [-0.39, 0.29) is 17.5 Å². The maximum Gasteiger partial charge on any atom is 0.317 e. The maximum absolute atomic E-state index is 11.8. The van der Waals surface area contributed by atoms with E-state index < -0.39 is 15.8 Å². The quantitative estimate of drug-likeness (QED) is 0.228. The highest BCUT2D eigenvalue weighted by atomic mass is 32.2. The van der Waals surface area contributed by atoms with Crippen LogP contribution in [0.5, 0.6) is 0 Å². The molecular formula is C38H65N3O4S. The second kappa shape index (κ2) is 12.1. The standard InChI is InChI=1S/C38H65N3O4S/c1-27(2)28-11-14-38(26-39-18-8-19-40-21-23-46(44,45)24-22-40)16-15-36(6)29(33(28)38)9-10-31-35(5)17-20-41(25-32(42)43)34(3,4)30(35)12-13-37(31,36)7/h28-31,33,39H,1,8-26H2,2-7H3,(H,42,43)/t28-,29+,30-,31+,33+,35-,36+,37+,38+/m0/s1. The summed E-state index contributed by atoms with van der Waals surface area (Å²) in [5.41, 5.74) is 2.51. The molecule has 0 radical (unpaired) electrons. The Balaban J connectivity index is 1.18. The minimum absolute atomic E-state index is 0.0972. The van der Waals surface area contributed by atoms with Crippen molar-refractivity contribution in [1.29, 1.82) is 0 Å². The lowest BCUT2D eigenvalue weighted by atomic mass is 9.33. The zero-order valence-electron chi connectivity index (χ0n) is 30.0. The zero-order chi connectivity index (χ0) is 33.3. The van der Waals surface area contributed by atoms with Crippen molar-refractivity contribution in [2.75, 3.05) is 57.3 Å². The number of fused-ring (bicyclic) bond motifs is 7. The van der Waals surface area contributed by atoms with Crippen molar-refractivity contribution in [3.63, 3.8) is 0 Å². The molecule has 2 saturated heterocycles. The molecule has 2 N–H and O–H groups in total. The van der Waals surface area contributed by atoms with Gasteiger partial charge in [0.2, 0.25) is 0 Å². The molecule has 0 aromatic rings. The monoisotopic (exact) mass is 659 g/mol. The van der Waals surface area contributed by atoms with E-state index in [0.29, 0.717) is 64.5 Å². The lowest BCUT2D eigenvalue weighted by Gasteiger charge is -2.73. The summed E-state index contributed by atoms with van der Waals surface area (Å²) < 4.78 is 23.7. The number of nitrogens with zero attached hydrogens (tertiary/aromatic N) is 2. The normalized spacial score (nSPS) is 45.2. The number of hydrogen-bond donors (Lipinski definition) is 2. The van der Waals surface area contributed by atoms with Crippen molar-refractivity contribution in [1.82, 2.24) is 15.1 Å². The summed E-state index contributed by atoms with van der Waals surface area (Å²) in [4.78, 5) is 16.4. The van der Waals surface area contributed by atoms with Crippen LogP contribution in [-0.4, -0.2) is 92.2 Å². The first-order valence-electron chi connectivity index (χ1n) is 18.7. The Hall–Kier alpha value is -0.960. The molecule has 0 aromatic carbocycles. The first-order chi connectivity index (χ1) is 21.5. The van der Waals surface area contributed by atoms with Crippen molar-refractivity contribution in [3.8, 4) is 0 Å². The fourth-order valence-corrected chi connectivity index (χ4v) is 14.8. The molecule has 0 spiro atoms. The van der Waals surface area contributed by atoms with Crippen molar-refractivity contribution in [3.05, 3.63) is 12.2 Å². The summed E-state index contributed by atoms with van der Waals surface area (Å²) in [6.45, 7) is 25.1. The summed E-state index contributed by atoms with van der Waals surface area (Å²) in [6, 6.07) is 0. The van der Waals surface area contributed by atoms with Crippen LogP contribution in [0.1, 0.15) is 106 Å². The van der Waals surface area contributed by atoms with Gasteiger partial charge in [0.15, 0.2) is 9.84 Å². The summed E-state index contributed by atoms with van der Waals surface area (Å²) in [7, 11) is -2.82. The number of sulfone groups is 1. The molecule has 6 fully saturated rings. The van der Waals surface area contributed by atoms with Crippen LogP contribution in [-0.2, 0) is 14.6 Å². The van der Waals surface area contributed by atoms with Gasteiger partial charge in [-0.2, -0.15) is 0 Å². The molecule has 0 bridgehead atoms. The average molecular weight is 660 g/mol. The average Bonchev–Trinajstić information content (AvgIpc) is 3.35. The molecule has 0 amide bonds. The molecule has 4 aliphatic carbocycles.